The molecule has 1 rings (SSSR count). The van der Waals surface area contributed by atoms with Crippen LogP contribution in [0.5, 0.6) is 0 Å². The van der Waals surface area contributed by atoms with Crippen LogP contribution in [0.4, 0.5) is 9.59 Å². The van der Waals surface area contributed by atoms with Gasteiger partial charge in [-0.05, 0) is 38.0 Å². The van der Waals surface area contributed by atoms with Gasteiger partial charge < -0.3 is 38.6 Å². The van der Waals surface area contributed by atoms with E-state index in [1.807, 2.05) is 0 Å². The molecule has 12 heteroatoms. The first kappa shape index (κ1) is 22.9. The molecule has 2 atom stereocenters. The Balaban J connectivity index is 2.51. The molecule has 10 nitrogen and oxygen atoms in total. The molecule has 0 aromatic carbocycles. The molecule has 0 aromatic heterocycles. The average Bonchev–Trinajstić information content (AvgIpc) is 2.53. The zero-order chi connectivity index (χ0) is 19.5. The van der Waals surface area contributed by atoms with Crippen molar-refractivity contribution in [3.8, 4) is 0 Å². The van der Waals surface area contributed by atoms with Crippen LogP contribution in [0.2, 0.25) is 25.2 Å². The molecule has 1 aliphatic heterocycles. The minimum Gasteiger partial charge on any atom is -0.447 e. The van der Waals surface area contributed by atoms with Crippen molar-refractivity contribution in [1.82, 2.24) is 10.6 Å². The van der Waals surface area contributed by atoms with Gasteiger partial charge in [-0.1, -0.05) is 0 Å². The Morgan fingerprint density at radius 1 is 0.808 bits per heavy atom. The molecule has 1 aliphatic rings. The summed E-state index contributed by atoms with van der Waals surface area (Å²) in [7, 11) is -6.07. The molecular formula is C14H30N2O8Si2. The monoisotopic (exact) mass is 410 g/mol. The second-order valence-corrected chi connectivity index (χ2v) is 12.9. The summed E-state index contributed by atoms with van der Waals surface area (Å²) >= 11 is 0. The predicted molar refractivity (Wildman–Crippen MR) is 97.1 cm³/mol. The first-order valence-corrected chi connectivity index (χ1v) is 13.9. The molecule has 0 bridgehead atoms. The Bertz CT molecular complexity index is 413. The molecule has 1 heterocycles. The first-order valence-electron chi connectivity index (χ1n) is 8.74. The Morgan fingerprint density at radius 3 is 1.65 bits per heavy atom. The number of carbonyl (C=O) groups is 2. The molecule has 0 spiro atoms. The van der Waals surface area contributed by atoms with Gasteiger partial charge in [-0.2, -0.15) is 0 Å². The minimum atomic E-state index is -3.03. The molecule has 152 valence electrons. The highest BCUT2D eigenvalue weighted by Crippen LogP contribution is 2.19. The number of hydrogen-bond acceptors (Lipinski definition) is 8. The SMILES string of the molecule is C[Si]1(O)CCCNC(=O)OCCOCCOC(=O)NCCC[Si](C)(O)O1. The van der Waals surface area contributed by atoms with Crippen molar-refractivity contribution >= 4 is 29.3 Å². The van der Waals surface area contributed by atoms with Gasteiger partial charge >= 0.3 is 29.3 Å². The van der Waals surface area contributed by atoms with Gasteiger partial charge in [-0.25, -0.2) is 9.59 Å². The van der Waals surface area contributed by atoms with E-state index in [0.717, 1.165) is 0 Å². The largest absolute Gasteiger partial charge is 0.447 e. The van der Waals surface area contributed by atoms with Gasteiger partial charge in [0.25, 0.3) is 0 Å². The van der Waals surface area contributed by atoms with E-state index in [9.17, 15) is 19.2 Å². The maximum Gasteiger partial charge on any atom is 0.407 e. The molecule has 4 N–H and O–H groups in total. The van der Waals surface area contributed by atoms with Crippen molar-refractivity contribution in [2.75, 3.05) is 39.5 Å². The third-order valence-corrected chi connectivity index (χ3v) is 9.62. The first-order chi connectivity index (χ1) is 12.2. The van der Waals surface area contributed by atoms with Crippen LogP contribution in [-0.4, -0.2) is 78.4 Å². The maximum atomic E-state index is 11.5. The van der Waals surface area contributed by atoms with Crippen molar-refractivity contribution < 1.29 is 37.5 Å². The third kappa shape index (κ3) is 11.4. The summed E-state index contributed by atoms with van der Waals surface area (Å²) in [4.78, 5) is 43.8. The lowest BCUT2D eigenvalue weighted by atomic mass is 10.5. The van der Waals surface area contributed by atoms with Gasteiger partial charge in [-0.3, -0.25) is 0 Å². The van der Waals surface area contributed by atoms with Gasteiger partial charge in [-0.15, -0.1) is 0 Å². The summed E-state index contributed by atoms with van der Waals surface area (Å²) in [5, 5.41) is 5.16. The Morgan fingerprint density at radius 2 is 1.23 bits per heavy atom. The zero-order valence-electron chi connectivity index (χ0n) is 15.4. The van der Waals surface area contributed by atoms with Gasteiger partial charge in [0.05, 0.1) is 13.2 Å². The normalized spacial score (nSPS) is 31.7. The number of ether oxygens (including phenoxy) is 3. The van der Waals surface area contributed by atoms with E-state index in [-0.39, 0.29) is 26.4 Å². The smallest absolute Gasteiger partial charge is 0.407 e. The lowest BCUT2D eigenvalue weighted by Crippen LogP contribution is -2.49. The summed E-state index contributed by atoms with van der Waals surface area (Å²) in [5.74, 6) is 0. The summed E-state index contributed by atoms with van der Waals surface area (Å²) in [6.45, 7) is 4.49. The van der Waals surface area contributed by atoms with Gasteiger partial charge in [0, 0.05) is 13.1 Å². The molecule has 0 aliphatic carbocycles. The van der Waals surface area contributed by atoms with Gasteiger partial charge in [0.1, 0.15) is 13.2 Å². The quantitative estimate of drug-likeness (QED) is 0.421. The van der Waals surface area contributed by atoms with Crippen molar-refractivity contribution in [3.05, 3.63) is 0 Å². The van der Waals surface area contributed by atoms with Crippen LogP contribution in [0, 0.1) is 0 Å². The van der Waals surface area contributed by atoms with E-state index < -0.39 is 29.3 Å². The molecular weight excluding hydrogens is 380 g/mol. The highest BCUT2D eigenvalue weighted by molar-refractivity contribution is 6.78. The summed E-state index contributed by atoms with van der Waals surface area (Å²) in [6.07, 6.45) is -0.102. The molecule has 0 saturated carbocycles. The number of hydrogen-bond donors (Lipinski definition) is 4. The number of rotatable bonds is 0. The molecule has 26 heavy (non-hydrogen) atoms. The maximum absolute atomic E-state index is 11.5. The number of alkyl carbamates (subject to hydrolysis) is 2. The Labute approximate surface area is 155 Å². The van der Waals surface area contributed by atoms with Crippen LogP contribution in [-0.2, 0) is 18.3 Å². The van der Waals surface area contributed by atoms with E-state index >= 15 is 0 Å². The fourth-order valence-electron chi connectivity index (χ4n) is 2.38. The molecule has 0 aromatic rings. The van der Waals surface area contributed by atoms with E-state index in [4.69, 9.17) is 18.3 Å². The number of amides is 2. The fourth-order valence-corrected chi connectivity index (χ4v) is 8.65. The lowest BCUT2D eigenvalue weighted by Gasteiger charge is -2.30. The lowest BCUT2D eigenvalue weighted by molar-refractivity contribution is 0.0457. The third-order valence-electron chi connectivity index (χ3n) is 3.53. The summed E-state index contributed by atoms with van der Waals surface area (Å²) < 4.78 is 20.7. The summed E-state index contributed by atoms with van der Waals surface area (Å²) in [6, 6.07) is 0.758. The van der Waals surface area contributed by atoms with E-state index in [0.29, 0.717) is 38.0 Å². The second-order valence-electron chi connectivity index (χ2n) is 6.40. The van der Waals surface area contributed by atoms with E-state index in [1.165, 1.54) is 0 Å². The van der Waals surface area contributed by atoms with Crippen LogP contribution in [0.1, 0.15) is 12.8 Å². The van der Waals surface area contributed by atoms with Crippen molar-refractivity contribution in [1.29, 1.82) is 0 Å². The summed E-state index contributed by atoms with van der Waals surface area (Å²) in [5.41, 5.74) is 0. The minimum absolute atomic E-state index is 0.0854. The Hall–Kier alpha value is -1.19. The second kappa shape index (κ2) is 11.5. The van der Waals surface area contributed by atoms with E-state index in [2.05, 4.69) is 10.6 Å². The fraction of sp³-hybridized carbons (Fsp3) is 0.857. The van der Waals surface area contributed by atoms with Crippen LogP contribution in [0.25, 0.3) is 0 Å². The van der Waals surface area contributed by atoms with Crippen molar-refractivity contribution in [3.63, 3.8) is 0 Å². The van der Waals surface area contributed by atoms with E-state index in [1.54, 1.807) is 13.1 Å². The zero-order valence-corrected chi connectivity index (χ0v) is 17.4. The number of carbonyl (C=O) groups excluding carboxylic acids is 2. The average molecular weight is 411 g/mol. The van der Waals surface area contributed by atoms with Crippen molar-refractivity contribution in [2.24, 2.45) is 0 Å². The highest BCUT2D eigenvalue weighted by Gasteiger charge is 2.37. The Kier molecular flexibility index (Phi) is 10.1. The van der Waals surface area contributed by atoms with Crippen LogP contribution in [0.15, 0.2) is 0 Å². The predicted octanol–water partition coefficient (Wildman–Crippen LogP) is 0.394. The van der Waals surface area contributed by atoms with Gasteiger partial charge in [0.2, 0.25) is 0 Å². The molecule has 1 fully saturated rings. The topological polar surface area (TPSA) is 136 Å². The molecule has 2 amide bonds. The van der Waals surface area contributed by atoms with Crippen LogP contribution < -0.4 is 10.6 Å². The van der Waals surface area contributed by atoms with Crippen LogP contribution in [0.3, 0.4) is 0 Å². The molecule has 2 unspecified atom stereocenters. The highest BCUT2D eigenvalue weighted by atomic mass is 28.5. The van der Waals surface area contributed by atoms with Crippen LogP contribution >= 0.6 is 0 Å². The van der Waals surface area contributed by atoms with Crippen molar-refractivity contribution in [2.45, 2.75) is 38.0 Å². The standard InChI is InChI=1S/C14H30N2O8Si2/c1-25(19)11-3-5-15-13(17)22-9-7-21-8-10-23-14(18)16-6-4-12-26(2,20)24-25/h19-20H,3-12H2,1-2H3,(H,15,17)(H,16,18). The molecule has 0 radical (unpaired) electrons. The number of cyclic esters (lactones) is 2. The van der Waals surface area contributed by atoms with Gasteiger partial charge in [0.15, 0.2) is 0 Å². The number of nitrogens with one attached hydrogen (secondary N) is 2. The molecule has 1 saturated heterocycles.